The van der Waals surface area contributed by atoms with Crippen molar-refractivity contribution in [1.82, 2.24) is 30.1 Å². The molecule has 1 N–H and O–H groups in total. The van der Waals surface area contributed by atoms with Crippen LogP contribution in [0.25, 0.3) is 0 Å². The zero-order chi connectivity index (χ0) is 19.9. The van der Waals surface area contributed by atoms with Crippen LogP contribution in [-0.2, 0) is 19.5 Å². The molecule has 3 heterocycles. The van der Waals surface area contributed by atoms with Crippen LogP contribution in [0, 0.1) is 13.8 Å². The molecule has 1 aliphatic rings. The molecular formula is C20H32N6O2. The predicted molar refractivity (Wildman–Crippen MR) is 107 cm³/mol. The summed E-state index contributed by atoms with van der Waals surface area (Å²) < 4.78 is 7.18. The van der Waals surface area contributed by atoms with E-state index in [0.717, 1.165) is 75.5 Å². The molecule has 2 aromatic heterocycles. The number of nitrogens with zero attached hydrogens (tertiary/aromatic N) is 5. The van der Waals surface area contributed by atoms with Crippen LogP contribution in [0.2, 0.25) is 0 Å². The van der Waals surface area contributed by atoms with E-state index in [1.807, 2.05) is 29.6 Å². The molecule has 3 rings (SSSR count). The predicted octanol–water partition coefficient (Wildman–Crippen LogP) is 2.36. The van der Waals surface area contributed by atoms with Gasteiger partial charge in [-0.3, -0.25) is 9.58 Å². The van der Waals surface area contributed by atoms with Gasteiger partial charge in [0.05, 0.1) is 11.9 Å². The van der Waals surface area contributed by atoms with Gasteiger partial charge in [-0.15, -0.1) is 0 Å². The first-order valence-electron chi connectivity index (χ1n) is 10.2. The van der Waals surface area contributed by atoms with Crippen LogP contribution in [0.1, 0.15) is 42.3 Å². The van der Waals surface area contributed by atoms with Crippen LogP contribution in [-0.4, -0.2) is 63.5 Å². The van der Waals surface area contributed by atoms with E-state index >= 15 is 0 Å². The van der Waals surface area contributed by atoms with Crippen LogP contribution in [0.5, 0.6) is 0 Å². The van der Waals surface area contributed by atoms with Gasteiger partial charge in [-0.05, 0) is 33.1 Å². The Hall–Kier alpha value is -2.35. The number of carbonyl (C=O) groups excluding carboxylic acids is 1. The molecule has 1 fully saturated rings. The number of aromatic nitrogens is 3. The van der Waals surface area contributed by atoms with E-state index in [0.29, 0.717) is 6.54 Å². The van der Waals surface area contributed by atoms with Crippen molar-refractivity contribution in [1.29, 1.82) is 0 Å². The molecule has 0 saturated carbocycles. The monoisotopic (exact) mass is 388 g/mol. The number of aryl methyl sites for hydroxylation is 3. The third kappa shape index (κ3) is 5.34. The highest BCUT2D eigenvalue weighted by molar-refractivity contribution is 5.74. The molecule has 8 nitrogen and oxygen atoms in total. The van der Waals surface area contributed by atoms with Gasteiger partial charge < -0.3 is 14.7 Å². The molecule has 1 saturated heterocycles. The van der Waals surface area contributed by atoms with Gasteiger partial charge in [0.25, 0.3) is 0 Å². The van der Waals surface area contributed by atoms with E-state index in [1.54, 1.807) is 0 Å². The van der Waals surface area contributed by atoms with Gasteiger partial charge in [-0.2, -0.15) is 5.10 Å². The fourth-order valence-electron chi connectivity index (χ4n) is 3.69. The number of urea groups is 1. The topological polar surface area (TPSA) is 79.4 Å². The molecule has 0 unspecified atom stereocenters. The van der Waals surface area contributed by atoms with Crippen molar-refractivity contribution in [3.8, 4) is 0 Å². The normalized spacial score (nSPS) is 15.6. The summed E-state index contributed by atoms with van der Waals surface area (Å²) in [7, 11) is 0. The maximum Gasteiger partial charge on any atom is 0.317 e. The van der Waals surface area contributed by atoms with Crippen molar-refractivity contribution >= 4 is 6.03 Å². The van der Waals surface area contributed by atoms with Crippen LogP contribution in [0.3, 0.4) is 0 Å². The van der Waals surface area contributed by atoms with Gasteiger partial charge in [0.2, 0.25) is 0 Å². The number of amides is 2. The Bertz CT molecular complexity index is 749. The Morgan fingerprint density at radius 1 is 1.25 bits per heavy atom. The second kappa shape index (κ2) is 9.73. The Morgan fingerprint density at radius 2 is 2.11 bits per heavy atom. The second-order valence-corrected chi connectivity index (χ2v) is 7.51. The number of rotatable bonds is 7. The van der Waals surface area contributed by atoms with Gasteiger partial charge in [-0.25, -0.2) is 4.79 Å². The Balaban J connectivity index is 1.43. The van der Waals surface area contributed by atoms with Crippen LogP contribution in [0.15, 0.2) is 16.9 Å². The van der Waals surface area contributed by atoms with Crippen molar-refractivity contribution < 1.29 is 9.32 Å². The highest BCUT2D eigenvalue weighted by Gasteiger charge is 2.19. The van der Waals surface area contributed by atoms with E-state index in [-0.39, 0.29) is 6.03 Å². The van der Waals surface area contributed by atoms with Crippen molar-refractivity contribution in [3.05, 3.63) is 35.0 Å². The molecule has 0 aromatic carbocycles. The molecule has 28 heavy (non-hydrogen) atoms. The Morgan fingerprint density at radius 3 is 2.86 bits per heavy atom. The van der Waals surface area contributed by atoms with E-state index in [9.17, 15) is 4.79 Å². The van der Waals surface area contributed by atoms with Gasteiger partial charge in [0.15, 0.2) is 0 Å². The van der Waals surface area contributed by atoms with Crippen LogP contribution in [0.4, 0.5) is 4.79 Å². The average Bonchev–Trinajstić information content (AvgIpc) is 3.15. The number of carbonyl (C=O) groups is 1. The van der Waals surface area contributed by atoms with E-state index in [2.05, 4.69) is 33.6 Å². The smallest absolute Gasteiger partial charge is 0.317 e. The number of hydrogen-bond acceptors (Lipinski definition) is 5. The minimum Gasteiger partial charge on any atom is -0.361 e. The first-order valence-corrected chi connectivity index (χ1v) is 10.2. The zero-order valence-corrected chi connectivity index (χ0v) is 17.3. The SMILES string of the molecule is CCCn1cc(CN2CCCN(C(=O)NCCc3c(C)noc3C)CC2)cn1. The van der Waals surface area contributed by atoms with E-state index in [1.165, 1.54) is 5.56 Å². The van der Waals surface area contributed by atoms with Gasteiger partial charge >= 0.3 is 6.03 Å². The third-order valence-electron chi connectivity index (χ3n) is 5.25. The molecule has 1 aliphatic heterocycles. The lowest BCUT2D eigenvalue weighted by Crippen LogP contribution is -2.42. The summed E-state index contributed by atoms with van der Waals surface area (Å²) in [6, 6.07) is 0.0179. The van der Waals surface area contributed by atoms with Gasteiger partial charge in [0.1, 0.15) is 5.76 Å². The molecule has 8 heteroatoms. The summed E-state index contributed by atoms with van der Waals surface area (Å²) in [5.41, 5.74) is 3.23. The van der Waals surface area contributed by atoms with Crippen molar-refractivity contribution in [2.24, 2.45) is 0 Å². The zero-order valence-electron chi connectivity index (χ0n) is 17.3. The summed E-state index contributed by atoms with van der Waals surface area (Å²) >= 11 is 0. The van der Waals surface area contributed by atoms with Crippen molar-refractivity contribution in [3.63, 3.8) is 0 Å². The van der Waals surface area contributed by atoms with Crippen molar-refractivity contribution in [2.45, 2.75) is 53.1 Å². The number of nitrogens with one attached hydrogen (secondary N) is 1. The Labute approximate surface area is 166 Å². The highest BCUT2D eigenvalue weighted by Crippen LogP contribution is 2.12. The standard InChI is InChI=1S/C20H32N6O2/c1-4-8-26-15-18(13-22-26)14-24-9-5-10-25(12-11-24)20(27)21-7-6-19-16(2)23-28-17(19)3/h13,15H,4-12,14H2,1-3H3,(H,21,27). The summed E-state index contributed by atoms with van der Waals surface area (Å²) in [4.78, 5) is 16.9. The van der Waals surface area contributed by atoms with E-state index < -0.39 is 0 Å². The molecule has 0 bridgehead atoms. The molecule has 0 radical (unpaired) electrons. The number of hydrogen-bond donors (Lipinski definition) is 1. The van der Waals surface area contributed by atoms with E-state index in [4.69, 9.17) is 4.52 Å². The third-order valence-corrected chi connectivity index (χ3v) is 5.25. The maximum atomic E-state index is 12.5. The summed E-state index contributed by atoms with van der Waals surface area (Å²) in [6.45, 7) is 11.9. The quantitative estimate of drug-likeness (QED) is 0.788. The van der Waals surface area contributed by atoms with Gasteiger partial charge in [-0.1, -0.05) is 12.1 Å². The lowest BCUT2D eigenvalue weighted by Gasteiger charge is -2.22. The lowest BCUT2D eigenvalue weighted by molar-refractivity contribution is 0.198. The fraction of sp³-hybridized carbons (Fsp3) is 0.650. The average molecular weight is 389 g/mol. The molecular weight excluding hydrogens is 356 g/mol. The molecule has 2 amide bonds. The first-order chi connectivity index (χ1) is 13.6. The maximum absolute atomic E-state index is 12.5. The fourth-order valence-corrected chi connectivity index (χ4v) is 3.69. The van der Waals surface area contributed by atoms with Crippen molar-refractivity contribution in [2.75, 3.05) is 32.7 Å². The minimum absolute atomic E-state index is 0.0179. The van der Waals surface area contributed by atoms with Gasteiger partial charge in [0, 0.05) is 63.1 Å². The lowest BCUT2D eigenvalue weighted by atomic mass is 10.1. The second-order valence-electron chi connectivity index (χ2n) is 7.51. The molecule has 0 spiro atoms. The molecule has 0 aliphatic carbocycles. The first kappa shape index (κ1) is 20.4. The molecule has 0 atom stereocenters. The molecule has 2 aromatic rings. The van der Waals surface area contributed by atoms with Crippen LogP contribution >= 0.6 is 0 Å². The Kier molecular flexibility index (Phi) is 7.08. The minimum atomic E-state index is 0.0179. The molecule has 154 valence electrons. The highest BCUT2D eigenvalue weighted by atomic mass is 16.5. The summed E-state index contributed by atoms with van der Waals surface area (Å²) in [6.07, 6.45) is 6.91. The summed E-state index contributed by atoms with van der Waals surface area (Å²) in [5.74, 6) is 0.833. The largest absolute Gasteiger partial charge is 0.361 e. The van der Waals surface area contributed by atoms with Crippen LogP contribution < -0.4 is 5.32 Å². The summed E-state index contributed by atoms with van der Waals surface area (Å²) in [5, 5.41) is 11.4.